The first-order valence-corrected chi connectivity index (χ1v) is 12.5. The first-order chi connectivity index (χ1) is 15.0. The third-order valence-corrected chi connectivity index (χ3v) is 7.90. The molecule has 0 radical (unpaired) electrons. The van der Waals surface area contributed by atoms with Gasteiger partial charge < -0.3 is 5.32 Å². The van der Waals surface area contributed by atoms with E-state index in [1.165, 1.54) is 34.2 Å². The molecule has 1 atom stereocenters. The summed E-state index contributed by atoms with van der Waals surface area (Å²) >= 11 is 3.24. The van der Waals surface area contributed by atoms with Crippen LogP contribution in [0.4, 0.5) is 5.69 Å². The van der Waals surface area contributed by atoms with E-state index < -0.39 is 0 Å². The van der Waals surface area contributed by atoms with E-state index in [4.69, 9.17) is 0 Å². The average Bonchev–Trinajstić information content (AvgIpc) is 3.33. The lowest BCUT2D eigenvalue weighted by Gasteiger charge is -2.19. The number of amides is 1. The maximum Gasteiger partial charge on any atom is 0.234 e. The fourth-order valence-corrected chi connectivity index (χ4v) is 5.95. The largest absolute Gasteiger partial charge is 0.325 e. The van der Waals surface area contributed by atoms with Crippen LogP contribution in [-0.2, 0) is 24.2 Å². The molecule has 162 valence electrons. The molecule has 5 nitrogen and oxygen atoms in total. The second-order valence-corrected chi connectivity index (χ2v) is 10.1. The molecule has 0 saturated heterocycles. The van der Waals surface area contributed by atoms with Crippen LogP contribution in [-0.4, -0.2) is 26.4 Å². The summed E-state index contributed by atoms with van der Waals surface area (Å²) in [6.45, 7) is 10.9. The number of allylic oxidation sites excluding steroid dienone is 1. The Morgan fingerprint density at radius 3 is 3.03 bits per heavy atom. The van der Waals surface area contributed by atoms with Crippen molar-refractivity contribution in [2.75, 3.05) is 11.1 Å². The summed E-state index contributed by atoms with van der Waals surface area (Å²) in [6.07, 6.45) is 5.31. The lowest BCUT2D eigenvalue weighted by Crippen LogP contribution is -2.15. The van der Waals surface area contributed by atoms with Crippen LogP contribution >= 0.6 is 23.1 Å². The molecule has 1 N–H and O–H groups in total. The van der Waals surface area contributed by atoms with Crippen LogP contribution in [0.1, 0.15) is 34.9 Å². The molecular formula is C24H28N4OS2. The smallest absolute Gasteiger partial charge is 0.234 e. The topological polar surface area (TPSA) is 59.8 Å². The van der Waals surface area contributed by atoms with Gasteiger partial charge in [-0.15, -0.1) is 28.1 Å². The summed E-state index contributed by atoms with van der Waals surface area (Å²) in [5.74, 6) is 1.86. The van der Waals surface area contributed by atoms with Crippen LogP contribution in [0, 0.1) is 19.8 Å². The summed E-state index contributed by atoms with van der Waals surface area (Å²) in [5, 5.41) is 14.9. The van der Waals surface area contributed by atoms with E-state index in [2.05, 4.69) is 39.0 Å². The molecule has 0 fully saturated rings. The van der Waals surface area contributed by atoms with E-state index in [0.29, 0.717) is 6.54 Å². The Labute approximate surface area is 192 Å². The summed E-state index contributed by atoms with van der Waals surface area (Å²) < 4.78 is 2.07. The second kappa shape index (κ2) is 9.40. The van der Waals surface area contributed by atoms with E-state index in [0.717, 1.165) is 46.6 Å². The van der Waals surface area contributed by atoms with Crippen LogP contribution in [0.2, 0.25) is 0 Å². The van der Waals surface area contributed by atoms with Crippen molar-refractivity contribution in [2.45, 2.75) is 51.7 Å². The van der Waals surface area contributed by atoms with Crippen LogP contribution in [0.3, 0.4) is 0 Å². The lowest BCUT2D eigenvalue weighted by atomic mass is 9.88. The zero-order valence-electron chi connectivity index (χ0n) is 18.3. The Kier molecular flexibility index (Phi) is 6.62. The number of rotatable bonds is 7. The summed E-state index contributed by atoms with van der Waals surface area (Å²) in [5.41, 5.74) is 5.72. The normalized spacial score (nSPS) is 15.5. The van der Waals surface area contributed by atoms with Gasteiger partial charge in [-0.25, -0.2) is 0 Å². The molecule has 2 aromatic heterocycles. The van der Waals surface area contributed by atoms with Crippen LogP contribution in [0.5, 0.6) is 0 Å². The van der Waals surface area contributed by atoms with Gasteiger partial charge in [0.1, 0.15) is 0 Å². The standard InChI is InChI=1S/C24H28N4OS2/c1-5-11-28-23(19-13-30-21-12-15(2)9-10-18(19)21)26-27-24(28)31-14-22(29)25-20-8-6-7-16(3)17(20)4/h5-8,13,15H,1,9-12,14H2,2-4H3,(H,25,29). The molecule has 1 aromatic carbocycles. The van der Waals surface area contributed by atoms with Gasteiger partial charge >= 0.3 is 0 Å². The van der Waals surface area contributed by atoms with E-state index in [9.17, 15) is 4.79 Å². The molecule has 0 aliphatic heterocycles. The Balaban J connectivity index is 1.51. The highest BCUT2D eigenvalue weighted by Crippen LogP contribution is 2.38. The van der Waals surface area contributed by atoms with Crippen molar-refractivity contribution < 1.29 is 4.79 Å². The minimum Gasteiger partial charge on any atom is -0.325 e. The number of thioether (sulfide) groups is 1. The number of hydrogen-bond donors (Lipinski definition) is 1. The zero-order valence-corrected chi connectivity index (χ0v) is 19.9. The summed E-state index contributed by atoms with van der Waals surface area (Å²) in [4.78, 5) is 14.0. The van der Waals surface area contributed by atoms with Gasteiger partial charge in [0.2, 0.25) is 5.91 Å². The van der Waals surface area contributed by atoms with Crippen LogP contribution < -0.4 is 5.32 Å². The number of carbonyl (C=O) groups is 1. The Hall–Kier alpha value is -2.38. The first kappa shape index (κ1) is 21.8. The molecule has 1 aliphatic rings. The van der Waals surface area contributed by atoms with E-state index in [-0.39, 0.29) is 11.7 Å². The third kappa shape index (κ3) is 4.62. The molecule has 0 saturated carbocycles. The van der Waals surface area contributed by atoms with Gasteiger partial charge in [0.05, 0.1) is 5.75 Å². The summed E-state index contributed by atoms with van der Waals surface area (Å²) in [7, 11) is 0. The molecule has 1 unspecified atom stereocenters. The first-order valence-electron chi connectivity index (χ1n) is 10.6. The molecule has 31 heavy (non-hydrogen) atoms. The highest BCUT2D eigenvalue weighted by molar-refractivity contribution is 7.99. The quantitative estimate of drug-likeness (QED) is 0.371. The highest BCUT2D eigenvalue weighted by atomic mass is 32.2. The van der Waals surface area contributed by atoms with E-state index >= 15 is 0 Å². The third-order valence-electron chi connectivity index (χ3n) is 5.88. The van der Waals surface area contributed by atoms with Gasteiger partial charge in [-0.05, 0) is 61.8 Å². The molecule has 0 spiro atoms. The van der Waals surface area contributed by atoms with Crippen molar-refractivity contribution in [1.82, 2.24) is 14.8 Å². The number of nitrogens with one attached hydrogen (secondary N) is 1. The molecule has 2 heterocycles. The number of aromatic nitrogens is 3. The molecule has 3 aromatic rings. The van der Waals surface area contributed by atoms with Crippen molar-refractivity contribution in [1.29, 1.82) is 0 Å². The van der Waals surface area contributed by atoms with Crippen molar-refractivity contribution in [2.24, 2.45) is 5.92 Å². The number of anilines is 1. The highest BCUT2D eigenvalue weighted by Gasteiger charge is 2.24. The van der Waals surface area contributed by atoms with Crippen molar-refractivity contribution in [3.8, 4) is 11.4 Å². The fourth-order valence-electron chi connectivity index (χ4n) is 3.96. The molecule has 4 rings (SSSR count). The number of aryl methyl sites for hydroxylation is 1. The van der Waals surface area contributed by atoms with Gasteiger partial charge in [-0.1, -0.05) is 36.9 Å². The van der Waals surface area contributed by atoms with E-state index in [1.54, 1.807) is 0 Å². The Bertz CT molecular complexity index is 1110. The number of carbonyl (C=O) groups excluding carboxylic acids is 1. The lowest BCUT2D eigenvalue weighted by molar-refractivity contribution is -0.113. The SMILES string of the molecule is C=CCn1c(SCC(=O)Nc2cccc(C)c2C)nnc1-c1csc2c1CCC(C)C2. The monoisotopic (exact) mass is 452 g/mol. The molecule has 1 aliphatic carbocycles. The number of hydrogen-bond acceptors (Lipinski definition) is 5. The number of fused-ring (bicyclic) bond motifs is 1. The fraction of sp³-hybridized carbons (Fsp3) is 0.375. The van der Waals surface area contributed by atoms with Crippen molar-refractivity contribution in [3.63, 3.8) is 0 Å². The minimum atomic E-state index is -0.0460. The average molecular weight is 453 g/mol. The van der Waals surface area contributed by atoms with Gasteiger partial charge in [0.25, 0.3) is 0 Å². The number of thiophene rings is 1. The predicted octanol–water partition coefficient (Wildman–Crippen LogP) is 5.67. The van der Waals surface area contributed by atoms with Gasteiger partial charge in [0, 0.05) is 28.1 Å². The Morgan fingerprint density at radius 1 is 1.39 bits per heavy atom. The van der Waals surface area contributed by atoms with Crippen molar-refractivity contribution >= 4 is 34.7 Å². The molecule has 7 heteroatoms. The number of benzene rings is 1. The van der Waals surface area contributed by atoms with Gasteiger partial charge in [0.15, 0.2) is 11.0 Å². The maximum absolute atomic E-state index is 12.6. The Morgan fingerprint density at radius 2 is 2.23 bits per heavy atom. The minimum absolute atomic E-state index is 0.0460. The molecule has 0 bridgehead atoms. The van der Waals surface area contributed by atoms with E-state index in [1.807, 2.05) is 49.5 Å². The molecular weight excluding hydrogens is 424 g/mol. The maximum atomic E-state index is 12.6. The number of nitrogens with zero attached hydrogens (tertiary/aromatic N) is 3. The summed E-state index contributed by atoms with van der Waals surface area (Å²) in [6, 6.07) is 5.94. The zero-order chi connectivity index (χ0) is 22.0. The van der Waals surface area contributed by atoms with Crippen molar-refractivity contribution in [3.05, 3.63) is 57.8 Å². The van der Waals surface area contributed by atoms with Crippen LogP contribution in [0.25, 0.3) is 11.4 Å². The second-order valence-electron chi connectivity index (χ2n) is 8.19. The van der Waals surface area contributed by atoms with Gasteiger partial charge in [-0.3, -0.25) is 9.36 Å². The predicted molar refractivity (Wildman–Crippen MR) is 130 cm³/mol. The van der Waals surface area contributed by atoms with Gasteiger partial charge in [-0.2, -0.15) is 0 Å². The molecule has 1 amide bonds. The van der Waals surface area contributed by atoms with Crippen LogP contribution in [0.15, 0.2) is 41.4 Å².